The lowest BCUT2D eigenvalue weighted by Crippen LogP contribution is -2.45. The van der Waals surface area contributed by atoms with E-state index in [1.807, 2.05) is 12.1 Å². The first-order valence-electron chi connectivity index (χ1n) is 5.74. The van der Waals surface area contributed by atoms with Crippen molar-refractivity contribution in [3.8, 4) is 6.07 Å². The molecule has 0 unspecified atom stereocenters. The van der Waals surface area contributed by atoms with Gasteiger partial charge in [0.2, 0.25) is 0 Å². The number of halogens is 1. The fourth-order valence-electron chi connectivity index (χ4n) is 2.16. The van der Waals surface area contributed by atoms with Crippen LogP contribution in [0.25, 0.3) is 0 Å². The van der Waals surface area contributed by atoms with Crippen molar-refractivity contribution in [2.45, 2.75) is 12.5 Å². The van der Waals surface area contributed by atoms with Gasteiger partial charge in [-0.1, -0.05) is 0 Å². The van der Waals surface area contributed by atoms with E-state index in [-0.39, 0.29) is 6.04 Å². The van der Waals surface area contributed by atoms with Crippen LogP contribution in [0.2, 0.25) is 0 Å². The summed E-state index contributed by atoms with van der Waals surface area (Å²) in [6.45, 7) is 3.97. The SMILES string of the molecule is N#CC[C@@H](c1ccnc(Br)c1)N1CCNCC1. The Morgan fingerprint density at radius 1 is 1.53 bits per heavy atom. The summed E-state index contributed by atoms with van der Waals surface area (Å²) in [6, 6.07) is 6.47. The molecule has 1 N–H and O–H groups in total. The Kier molecular flexibility index (Phi) is 4.49. The normalized spacial score (nSPS) is 18.6. The zero-order valence-electron chi connectivity index (χ0n) is 9.56. The number of aromatic nitrogens is 1. The third kappa shape index (κ3) is 3.25. The standard InChI is InChI=1S/C12H15BrN4/c13-12-9-10(2-4-16-12)11(1-3-14)17-7-5-15-6-8-17/h2,4,9,11,15H,1,5-8H2/t11-/m0/s1. The number of hydrogen-bond acceptors (Lipinski definition) is 4. The number of rotatable bonds is 3. The number of nitrogens with one attached hydrogen (secondary N) is 1. The minimum Gasteiger partial charge on any atom is -0.314 e. The minimum atomic E-state index is 0.182. The maximum Gasteiger partial charge on any atom is 0.106 e. The smallest absolute Gasteiger partial charge is 0.106 e. The van der Waals surface area contributed by atoms with E-state index in [0.717, 1.165) is 36.3 Å². The van der Waals surface area contributed by atoms with Gasteiger partial charge in [0.15, 0.2) is 0 Å². The highest BCUT2D eigenvalue weighted by Crippen LogP contribution is 2.25. The summed E-state index contributed by atoms with van der Waals surface area (Å²) in [5.41, 5.74) is 1.16. The minimum absolute atomic E-state index is 0.182. The van der Waals surface area contributed by atoms with Crippen molar-refractivity contribution in [1.82, 2.24) is 15.2 Å². The van der Waals surface area contributed by atoms with Gasteiger partial charge in [0.05, 0.1) is 12.5 Å². The molecule has 0 radical (unpaired) electrons. The molecule has 1 atom stereocenters. The summed E-state index contributed by atoms with van der Waals surface area (Å²) >= 11 is 3.38. The Morgan fingerprint density at radius 3 is 2.94 bits per heavy atom. The van der Waals surface area contributed by atoms with Gasteiger partial charge in [0.1, 0.15) is 4.60 Å². The Balaban J connectivity index is 2.19. The van der Waals surface area contributed by atoms with E-state index >= 15 is 0 Å². The molecule has 1 aromatic heterocycles. The molecular formula is C12H15BrN4. The summed E-state index contributed by atoms with van der Waals surface area (Å²) in [4.78, 5) is 6.49. The zero-order valence-corrected chi connectivity index (χ0v) is 11.2. The lowest BCUT2D eigenvalue weighted by Gasteiger charge is -2.34. The summed E-state index contributed by atoms with van der Waals surface area (Å²) in [7, 11) is 0. The quantitative estimate of drug-likeness (QED) is 0.862. The van der Waals surface area contributed by atoms with Crippen molar-refractivity contribution >= 4 is 15.9 Å². The van der Waals surface area contributed by atoms with Crippen LogP contribution in [0.3, 0.4) is 0 Å². The molecule has 4 nitrogen and oxygen atoms in total. The molecule has 0 saturated carbocycles. The van der Waals surface area contributed by atoms with Gasteiger partial charge in [-0.15, -0.1) is 0 Å². The van der Waals surface area contributed by atoms with Crippen LogP contribution in [0.4, 0.5) is 0 Å². The largest absolute Gasteiger partial charge is 0.314 e. The average Bonchev–Trinajstić information content (AvgIpc) is 2.37. The van der Waals surface area contributed by atoms with E-state index in [0.29, 0.717) is 6.42 Å². The van der Waals surface area contributed by atoms with Crippen LogP contribution >= 0.6 is 15.9 Å². The van der Waals surface area contributed by atoms with E-state index in [2.05, 4.69) is 37.2 Å². The number of hydrogen-bond donors (Lipinski definition) is 1. The van der Waals surface area contributed by atoms with Gasteiger partial charge in [-0.2, -0.15) is 5.26 Å². The van der Waals surface area contributed by atoms with Crippen molar-refractivity contribution in [1.29, 1.82) is 5.26 Å². The second-order valence-corrected chi connectivity index (χ2v) is 4.89. The van der Waals surface area contributed by atoms with Crippen molar-refractivity contribution in [3.05, 3.63) is 28.5 Å². The molecule has 2 heterocycles. The highest BCUT2D eigenvalue weighted by atomic mass is 79.9. The molecule has 0 aliphatic carbocycles. The third-order valence-electron chi connectivity index (χ3n) is 3.01. The van der Waals surface area contributed by atoms with Gasteiger partial charge in [-0.3, -0.25) is 4.90 Å². The topological polar surface area (TPSA) is 52.0 Å². The molecule has 0 aromatic carbocycles. The van der Waals surface area contributed by atoms with Gasteiger partial charge < -0.3 is 5.32 Å². The molecule has 1 saturated heterocycles. The number of nitrogens with zero attached hydrogens (tertiary/aromatic N) is 3. The second-order valence-electron chi connectivity index (χ2n) is 4.08. The predicted octanol–water partition coefficient (Wildman–Crippen LogP) is 1.70. The van der Waals surface area contributed by atoms with Gasteiger partial charge in [-0.05, 0) is 33.6 Å². The number of nitriles is 1. The first-order chi connectivity index (χ1) is 8.31. The van der Waals surface area contributed by atoms with Gasteiger partial charge >= 0.3 is 0 Å². The van der Waals surface area contributed by atoms with Crippen LogP contribution in [0.1, 0.15) is 18.0 Å². The highest BCUT2D eigenvalue weighted by Gasteiger charge is 2.22. The second kappa shape index (κ2) is 6.10. The van der Waals surface area contributed by atoms with Gasteiger partial charge in [0, 0.05) is 38.4 Å². The summed E-state index contributed by atoms with van der Waals surface area (Å²) < 4.78 is 0.827. The number of piperazine rings is 1. The van der Waals surface area contributed by atoms with Crippen molar-refractivity contribution < 1.29 is 0 Å². The lowest BCUT2D eigenvalue weighted by molar-refractivity contribution is 0.175. The maximum atomic E-state index is 8.98. The Morgan fingerprint density at radius 2 is 2.29 bits per heavy atom. The van der Waals surface area contributed by atoms with E-state index in [1.54, 1.807) is 6.20 Å². The van der Waals surface area contributed by atoms with E-state index < -0.39 is 0 Å². The maximum absolute atomic E-state index is 8.98. The van der Waals surface area contributed by atoms with Crippen LogP contribution in [0, 0.1) is 11.3 Å². The van der Waals surface area contributed by atoms with Crippen LogP contribution in [0.15, 0.2) is 22.9 Å². The summed E-state index contributed by atoms with van der Waals surface area (Å²) in [5, 5.41) is 12.3. The molecule has 1 aliphatic heterocycles. The van der Waals surface area contributed by atoms with E-state index in [4.69, 9.17) is 5.26 Å². The molecule has 0 spiro atoms. The van der Waals surface area contributed by atoms with Crippen molar-refractivity contribution in [2.75, 3.05) is 26.2 Å². The molecule has 1 aliphatic rings. The van der Waals surface area contributed by atoms with Gasteiger partial charge in [0.25, 0.3) is 0 Å². The Hall–Kier alpha value is -0.960. The third-order valence-corrected chi connectivity index (χ3v) is 3.45. The molecular weight excluding hydrogens is 280 g/mol. The molecule has 90 valence electrons. The molecule has 5 heteroatoms. The average molecular weight is 295 g/mol. The number of pyridine rings is 1. The van der Waals surface area contributed by atoms with E-state index in [9.17, 15) is 0 Å². The lowest BCUT2D eigenvalue weighted by atomic mass is 10.0. The molecule has 0 amide bonds. The fourth-order valence-corrected chi connectivity index (χ4v) is 2.55. The molecule has 1 fully saturated rings. The van der Waals surface area contributed by atoms with Crippen molar-refractivity contribution in [3.63, 3.8) is 0 Å². The molecule has 2 rings (SSSR count). The van der Waals surface area contributed by atoms with Crippen LogP contribution in [0.5, 0.6) is 0 Å². The predicted molar refractivity (Wildman–Crippen MR) is 69.4 cm³/mol. The van der Waals surface area contributed by atoms with Crippen LogP contribution < -0.4 is 5.32 Å². The first kappa shape index (κ1) is 12.5. The Labute approximate surface area is 110 Å². The molecule has 0 bridgehead atoms. The molecule has 17 heavy (non-hydrogen) atoms. The molecule has 1 aromatic rings. The van der Waals surface area contributed by atoms with Crippen molar-refractivity contribution in [2.24, 2.45) is 0 Å². The monoisotopic (exact) mass is 294 g/mol. The summed E-state index contributed by atoms with van der Waals surface area (Å²) in [5.74, 6) is 0. The fraction of sp³-hybridized carbons (Fsp3) is 0.500. The Bertz CT molecular complexity index is 409. The first-order valence-corrected chi connectivity index (χ1v) is 6.53. The van der Waals surface area contributed by atoms with Gasteiger partial charge in [-0.25, -0.2) is 4.98 Å². The summed E-state index contributed by atoms with van der Waals surface area (Å²) in [6.07, 6.45) is 2.31. The zero-order chi connectivity index (χ0) is 12.1. The van der Waals surface area contributed by atoms with Crippen LogP contribution in [-0.4, -0.2) is 36.1 Å². The highest BCUT2D eigenvalue weighted by molar-refractivity contribution is 9.10. The van der Waals surface area contributed by atoms with Crippen LogP contribution in [-0.2, 0) is 0 Å². The van der Waals surface area contributed by atoms with E-state index in [1.165, 1.54) is 0 Å².